The Kier molecular flexibility index (Phi) is 5.11. The van der Waals surface area contributed by atoms with Crippen molar-refractivity contribution in [3.63, 3.8) is 0 Å². The van der Waals surface area contributed by atoms with Crippen LogP contribution in [0.3, 0.4) is 0 Å². The average Bonchev–Trinajstić information content (AvgIpc) is 2.52. The minimum absolute atomic E-state index is 0.214. The Balaban J connectivity index is 2.04. The van der Waals surface area contributed by atoms with Gasteiger partial charge in [-0.1, -0.05) is 6.42 Å². The van der Waals surface area contributed by atoms with Crippen molar-refractivity contribution in [3.05, 3.63) is 11.9 Å². The molecular formula is C13H20N4O3. The lowest BCUT2D eigenvalue weighted by Gasteiger charge is -2.23. The largest absolute Gasteiger partial charge is 0.480 e. The van der Waals surface area contributed by atoms with E-state index in [4.69, 9.17) is 9.47 Å². The van der Waals surface area contributed by atoms with Crippen LogP contribution in [-0.4, -0.2) is 49.2 Å². The van der Waals surface area contributed by atoms with Gasteiger partial charge in [0.1, 0.15) is 6.33 Å². The van der Waals surface area contributed by atoms with Gasteiger partial charge in [-0.05, 0) is 19.4 Å². The van der Waals surface area contributed by atoms with Gasteiger partial charge >= 0.3 is 0 Å². The fourth-order valence-corrected chi connectivity index (χ4v) is 2.26. The molecule has 1 aliphatic heterocycles. The van der Waals surface area contributed by atoms with Crippen molar-refractivity contribution in [1.82, 2.24) is 20.6 Å². The third kappa shape index (κ3) is 3.36. The lowest BCUT2D eigenvalue weighted by Crippen LogP contribution is -2.43. The summed E-state index contributed by atoms with van der Waals surface area (Å²) in [7, 11) is 2.92. The van der Waals surface area contributed by atoms with Crippen LogP contribution in [0, 0.1) is 0 Å². The molecule has 0 saturated carbocycles. The van der Waals surface area contributed by atoms with E-state index in [9.17, 15) is 4.79 Å². The van der Waals surface area contributed by atoms with E-state index in [1.54, 1.807) is 0 Å². The zero-order valence-electron chi connectivity index (χ0n) is 11.8. The number of carbonyl (C=O) groups is 1. The summed E-state index contributed by atoms with van der Waals surface area (Å²) in [6, 6.07) is 0.314. The van der Waals surface area contributed by atoms with E-state index < -0.39 is 0 Å². The Morgan fingerprint density at radius 3 is 2.60 bits per heavy atom. The van der Waals surface area contributed by atoms with Crippen LogP contribution in [0.1, 0.15) is 29.6 Å². The first-order valence-corrected chi connectivity index (χ1v) is 6.70. The molecule has 1 aliphatic rings. The third-order valence-corrected chi connectivity index (χ3v) is 3.31. The number of nitrogens with one attached hydrogen (secondary N) is 2. The van der Waals surface area contributed by atoms with Crippen molar-refractivity contribution in [2.24, 2.45) is 0 Å². The van der Waals surface area contributed by atoms with Crippen LogP contribution in [0.25, 0.3) is 0 Å². The molecule has 110 valence electrons. The summed E-state index contributed by atoms with van der Waals surface area (Å²) in [6.07, 6.45) is 4.75. The van der Waals surface area contributed by atoms with Crippen molar-refractivity contribution in [2.45, 2.75) is 25.3 Å². The highest BCUT2D eigenvalue weighted by molar-refractivity contribution is 5.98. The van der Waals surface area contributed by atoms with Gasteiger partial charge in [0.2, 0.25) is 11.8 Å². The summed E-state index contributed by atoms with van der Waals surface area (Å²) in [5.41, 5.74) is 0.230. The first-order chi connectivity index (χ1) is 9.76. The second kappa shape index (κ2) is 7.04. The summed E-state index contributed by atoms with van der Waals surface area (Å²) in [4.78, 5) is 20.1. The number of amides is 1. The van der Waals surface area contributed by atoms with Gasteiger partial charge in [-0.15, -0.1) is 0 Å². The van der Waals surface area contributed by atoms with Gasteiger partial charge < -0.3 is 20.1 Å². The van der Waals surface area contributed by atoms with Crippen LogP contribution in [0.2, 0.25) is 0 Å². The first kappa shape index (κ1) is 14.5. The SMILES string of the molecule is COc1ncnc(OC)c1C(=O)NCC1CCCCN1. The number of rotatable bonds is 5. The van der Waals surface area contributed by atoms with E-state index >= 15 is 0 Å². The van der Waals surface area contributed by atoms with Crippen LogP contribution in [-0.2, 0) is 0 Å². The van der Waals surface area contributed by atoms with Crippen LogP contribution >= 0.6 is 0 Å². The smallest absolute Gasteiger partial charge is 0.262 e. The number of methoxy groups -OCH3 is 2. The monoisotopic (exact) mass is 280 g/mol. The van der Waals surface area contributed by atoms with Crippen LogP contribution in [0.5, 0.6) is 11.8 Å². The van der Waals surface area contributed by atoms with Crippen molar-refractivity contribution in [1.29, 1.82) is 0 Å². The molecule has 2 N–H and O–H groups in total. The standard InChI is InChI=1S/C13H20N4O3/c1-19-12-10(13(20-2)17-8-16-12)11(18)15-7-9-5-3-4-6-14-9/h8-9,14H,3-7H2,1-2H3,(H,15,18). The molecule has 0 aromatic carbocycles. The molecule has 2 rings (SSSR count). The number of carbonyl (C=O) groups excluding carboxylic acids is 1. The van der Waals surface area contributed by atoms with Gasteiger partial charge in [-0.25, -0.2) is 9.97 Å². The van der Waals surface area contributed by atoms with Crippen molar-refractivity contribution >= 4 is 5.91 Å². The summed E-state index contributed by atoms with van der Waals surface area (Å²) in [5.74, 6) is 0.142. The quantitative estimate of drug-likeness (QED) is 0.810. The lowest BCUT2D eigenvalue weighted by molar-refractivity contribution is 0.0939. The highest BCUT2D eigenvalue weighted by atomic mass is 16.5. The molecule has 0 aliphatic carbocycles. The van der Waals surface area contributed by atoms with E-state index in [1.165, 1.54) is 33.4 Å². The van der Waals surface area contributed by atoms with Gasteiger partial charge in [0, 0.05) is 12.6 Å². The maximum absolute atomic E-state index is 12.3. The number of aromatic nitrogens is 2. The highest BCUT2D eigenvalue weighted by Crippen LogP contribution is 2.23. The Bertz CT molecular complexity index is 439. The van der Waals surface area contributed by atoms with Crippen molar-refractivity contribution in [2.75, 3.05) is 27.3 Å². The molecule has 7 nitrogen and oxygen atoms in total. The summed E-state index contributed by atoms with van der Waals surface area (Å²) in [5, 5.41) is 6.25. The Morgan fingerprint density at radius 2 is 2.05 bits per heavy atom. The molecule has 1 fully saturated rings. The van der Waals surface area contributed by atoms with E-state index in [2.05, 4.69) is 20.6 Å². The molecular weight excluding hydrogens is 260 g/mol. The van der Waals surface area contributed by atoms with Gasteiger partial charge in [0.25, 0.3) is 5.91 Å². The van der Waals surface area contributed by atoms with Gasteiger partial charge in [-0.2, -0.15) is 0 Å². The second-order valence-corrected chi connectivity index (χ2v) is 4.62. The summed E-state index contributed by atoms with van der Waals surface area (Å²) < 4.78 is 10.2. The maximum atomic E-state index is 12.3. The topological polar surface area (TPSA) is 85.4 Å². The molecule has 0 radical (unpaired) electrons. The normalized spacial score (nSPS) is 18.4. The maximum Gasteiger partial charge on any atom is 0.262 e. The molecule has 0 spiro atoms. The number of piperidine rings is 1. The molecule has 1 saturated heterocycles. The highest BCUT2D eigenvalue weighted by Gasteiger charge is 2.22. The number of ether oxygens (including phenoxy) is 2. The van der Waals surface area contributed by atoms with Crippen LogP contribution in [0.4, 0.5) is 0 Å². The zero-order valence-corrected chi connectivity index (χ0v) is 11.8. The van der Waals surface area contributed by atoms with Crippen LogP contribution in [0.15, 0.2) is 6.33 Å². The Hall–Kier alpha value is -1.89. The van der Waals surface area contributed by atoms with E-state index in [-0.39, 0.29) is 23.2 Å². The zero-order chi connectivity index (χ0) is 14.4. The minimum atomic E-state index is -0.285. The number of hydrogen-bond donors (Lipinski definition) is 2. The van der Waals surface area contributed by atoms with Gasteiger partial charge in [0.05, 0.1) is 14.2 Å². The summed E-state index contributed by atoms with van der Waals surface area (Å²) >= 11 is 0. The van der Waals surface area contributed by atoms with Crippen molar-refractivity contribution < 1.29 is 14.3 Å². The van der Waals surface area contributed by atoms with Gasteiger partial charge in [-0.3, -0.25) is 4.79 Å². The molecule has 1 atom stereocenters. The average molecular weight is 280 g/mol. The Labute approximate surface area is 118 Å². The molecule has 7 heteroatoms. The van der Waals surface area contributed by atoms with Gasteiger partial charge in [0.15, 0.2) is 5.56 Å². The third-order valence-electron chi connectivity index (χ3n) is 3.31. The molecule has 1 aromatic rings. The second-order valence-electron chi connectivity index (χ2n) is 4.62. The van der Waals surface area contributed by atoms with Crippen LogP contribution < -0.4 is 20.1 Å². The number of nitrogens with zero attached hydrogens (tertiary/aromatic N) is 2. The fraction of sp³-hybridized carbons (Fsp3) is 0.615. The summed E-state index contributed by atoms with van der Waals surface area (Å²) in [6.45, 7) is 1.57. The number of hydrogen-bond acceptors (Lipinski definition) is 6. The van der Waals surface area contributed by atoms with E-state index in [0.29, 0.717) is 12.6 Å². The van der Waals surface area contributed by atoms with E-state index in [0.717, 1.165) is 13.0 Å². The molecule has 1 amide bonds. The first-order valence-electron chi connectivity index (χ1n) is 6.70. The Morgan fingerprint density at radius 1 is 1.35 bits per heavy atom. The molecule has 20 heavy (non-hydrogen) atoms. The molecule has 0 bridgehead atoms. The van der Waals surface area contributed by atoms with E-state index in [1.807, 2.05) is 0 Å². The molecule has 1 unspecified atom stereocenters. The minimum Gasteiger partial charge on any atom is -0.480 e. The lowest BCUT2D eigenvalue weighted by atomic mass is 10.1. The predicted molar refractivity (Wildman–Crippen MR) is 73.1 cm³/mol. The van der Waals surface area contributed by atoms with Crippen molar-refractivity contribution in [3.8, 4) is 11.8 Å². The molecule has 2 heterocycles. The fourth-order valence-electron chi connectivity index (χ4n) is 2.26. The molecule has 1 aromatic heterocycles. The predicted octanol–water partition coefficient (Wildman–Crippen LogP) is 0.366.